The molecule has 1 heterocycles. The van der Waals surface area contributed by atoms with Gasteiger partial charge in [0.05, 0.1) is 5.56 Å². The van der Waals surface area contributed by atoms with E-state index < -0.39 is 5.97 Å². The highest BCUT2D eigenvalue weighted by atomic mass is 35.5. The van der Waals surface area contributed by atoms with Crippen LogP contribution in [0.2, 0.25) is 0 Å². The van der Waals surface area contributed by atoms with E-state index in [-0.39, 0.29) is 18.0 Å². The Morgan fingerprint density at radius 2 is 2.08 bits per heavy atom. The van der Waals surface area contributed by atoms with Gasteiger partial charge in [-0.1, -0.05) is 0 Å². The van der Waals surface area contributed by atoms with Crippen molar-refractivity contribution in [1.29, 1.82) is 0 Å². The van der Waals surface area contributed by atoms with Crippen LogP contribution in [0.15, 0.2) is 12.3 Å². The molecule has 0 aliphatic carbocycles. The number of carboxylic acids is 1. The molecule has 0 radical (unpaired) electrons. The second-order valence-electron chi connectivity index (χ2n) is 2.45. The van der Waals surface area contributed by atoms with Crippen molar-refractivity contribution in [3.63, 3.8) is 0 Å². The zero-order valence-corrected chi connectivity index (χ0v) is 7.68. The minimum atomic E-state index is -0.921. The number of aromatic carboxylic acids is 1. The Kier molecular flexibility index (Phi) is 3.70. The van der Waals surface area contributed by atoms with Crippen LogP contribution in [0.3, 0.4) is 0 Å². The third-order valence-corrected chi connectivity index (χ3v) is 1.48. The summed E-state index contributed by atoms with van der Waals surface area (Å²) in [5.41, 5.74) is 1.87. The molecular weight excluding hydrogens is 178 g/mol. The minimum Gasteiger partial charge on any atom is -0.478 e. The number of pyridine rings is 1. The van der Waals surface area contributed by atoms with E-state index in [4.69, 9.17) is 5.11 Å². The van der Waals surface area contributed by atoms with Crippen LogP contribution in [0.1, 0.15) is 21.6 Å². The van der Waals surface area contributed by atoms with Gasteiger partial charge in [0.2, 0.25) is 0 Å². The molecule has 1 rings (SSSR count). The van der Waals surface area contributed by atoms with Crippen LogP contribution >= 0.6 is 12.4 Å². The molecule has 3 nitrogen and oxygen atoms in total. The number of hydrogen-bond donors (Lipinski definition) is 1. The lowest BCUT2D eigenvalue weighted by Gasteiger charge is -1.99. The zero-order valence-electron chi connectivity index (χ0n) is 6.87. The Hall–Kier alpha value is -1.09. The van der Waals surface area contributed by atoms with Gasteiger partial charge in [0.15, 0.2) is 0 Å². The molecule has 0 aliphatic rings. The minimum absolute atomic E-state index is 0. The number of aromatic nitrogens is 1. The Labute approximate surface area is 76.9 Å². The van der Waals surface area contributed by atoms with Gasteiger partial charge in [-0.2, -0.15) is 0 Å². The van der Waals surface area contributed by atoms with Crippen LogP contribution in [0, 0.1) is 13.8 Å². The molecule has 0 unspecified atom stereocenters. The maximum absolute atomic E-state index is 10.5. The van der Waals surface area contributed by atoms with Crippen molar-refractivity contribution >= 4 is 18.4 Å². The summed E-state index contributed by atoms with van der Waals surface area (Å²) >= 11 is 0. The summed E-state index contributed by atoms with van der Waals surface area (Å²) in [6.45, 7) is 3.59. The number of aryl methyl sites for hydroxylation is 2. The lowest BCUT2D eigenvalue weighted by atomic mass is 10.1. The normalized spacial score (nSPS) is 8.83. The molecule has 1 N–H and O–H groups in total. The molecule has 1 aromatic rings. The van der Waals surface area contributed by atoms with E-state index in [1.165, 1.54) is 6.20 Å². The molecule has 0 saturated carbocycles. The fraction of sp³-hybridized carbons (Fsp3) is 0.250. The van der Waals surface area contributed by atoms with Crippen molar-refractivity contribution in [2.24, 2.45) is 0 Å². The molecule has 0 bridgehead atoms. The second-order valence-corrected chi connectivity index (χ2v) is 2.45. The van der Waals surface area contributed by atoms with Gasteiger partial charge in [-0.3, -0.25) is 4.98 Å². The smallest absolute Gasteiger partial charge is 0.337 e. The number of carbonyl (C=O) groups is 1. The Morgan fingerprint density at radius 1 is 1.50 bits per heavy atom. The van der Waals surface area contributed by atoms with E-state index in [9.17, 15) is 4.79 Å². The molecule has 0 spiro atoms. The molecule has 12 heavy (non-hydrogen) atoms. The third kappa shape index (κ3) is 2.20. The van der Waals surface area contributed by atoms with Crippen LogP contribution in [-0.4, -0.2) is 16.1 Å². The number of rotatable bonds is 1. The number of nitrogens with zero attached hydrogens (tertiary/aromatic N) is 1. The quantitative estimate of drug-likeness (QED) is 0.730. The van der Waals surface area contributed by atoms with Gasteiger partial charge in [-0.15, -0.1) is 12.4 Å². The van der Waals surface area contributed by atoms with E-state index in [0.29, 0.717) is 0 Å². The van der Waals surface area contributed by atoms with Crippen LogP contribution in [0.4, 0.5) is 0 Å². The largest absolute Gasteiger partial charge is 0.478 e. The van der Waals surface area contributed by atoms with Crippen molar-refractivity contribution < 1.29 is 9.90 Å². The summed E-state index contributed by atoms with van der Waals surface area (Å²) in [6, 6.07) is 1.75. The van der Waals surface area contributed by atoms with Gasteiger partial charge >= 0.3 is 5.97 Å². The number of halogens is 1. The van der Waals surface area contributed by atoms with Gasteiger partial charge in [0, 0.05) is 11.9 Å². The van der Waals surface area contributed by atoms with Gasteiger partial charge in [0.25, 0.3) is 0 Å². The van der Waals surface area contributed by atoms with Crippen molar-refractivity contribution in [1.82, 2.24) is 4.98 Å². The van der Waals surface area contributed by atoms with Gasteiger partial charge in [-0.05, 0) is 25.5 Å². The molecule has 1 aromatic heterocycles. The highest BCUT2D eigenvalue weighted by Gasteiger charge is 2.05. The van der Waals surface area contributed by atoms with Gasteiger partial charge in [-0.25, -0.2) is 4.79 Å². The van der Waals surface area contributed by atoms with E-state index in [1.54, 1.807) is 13.0 Å². The lowest BCUT2D eigenvalue weighted by Crippen LogP contribution is -2.00. The highest BCUT2D eigenvalue weighted by molar-refractivity contribution is 5.88. The molecule has 0 amide bonds. The number of carboxylic acid groups (broad SMARTS) is 1. The SMILES string of the molecule is Cc1cc(C)c(C(=O)O)cn1.Cl. The summed E-state index contributed by atoms with van der Waals surface area (Å²) in [6.07, 6.45) is 1.38. The first-order chi connectivity index (χ1) is 5.11. The summed E-state index contributed by atoms with van der Waals surface area (Å²) in [5, 5.41) is 8.62. The molecule has 0 aliphatic heterocycles. The fourth-order valence-electron chi connectivity index (χ4n) is 0.920. The van der Waals surface area contributed by atoms with Crippen molar-refractivity contribution in [3.8, 4) is 0 Å². The average Bonchev–Trinajstić information content (AvgIpc) is 1.85. The second kappa shape index (κ2) is 4.07. The monoisotopic (exact) mass is 187 g/mol. The molecule has 4 heteroatoms. The molecule has 0 fully saturated rings. The molecular formula is C8H10ClNO2. The first-order valence-corrected chi connectivity index (χ1v) is 3.28. The van der Waals surface area contributed by atoms with E-state index in [0.717, 1.165) is 11.3 Å². The predicted octanol–water partition coefficient (Wildman–Crippen LogP) is 1.82. The lowest BCUT2D eigenvalue weighted by molar-refractivity contribution is 0.0695. The summed E-state index contributed by atoms with van der Waals surface area (Å²) in [7, 11) is 0. The van der Waals surface area contributed by atoms with Crippen LogP contribution < -0.4 is 0 Å². The molecule has 0 saturated heterocycles. The van der Waals surface area contributed by atoms with E-state index >= 15 is 0 Å². The fourth-order valence-corrected chi connectivity index (χ4v) is 0.920. The van der Waals surface area contributed by atoms with Crippen molar-refractivity contribution in [2.45, 2.75) is 13.8 Å². The van der Waals surface area contributed by atoms with Crippen LogP contribution in [0.25, 0.3) is 0 Å². The van der Waals surface area contributed by atoms with Gasteiger partial charge in [0.1, 0.15) is 0 Å². The maximum atomic E-state index is 10.5. The standard InChI is InChI=1S/C8H9NO2.ClH/c1-5-3-6(2)9-4-7(5)8(10)11;/h3-4H,1-2H3,(H,10,11);1H. The van der Waals surface area contributed by atoms with Crippen molar-refractivity contribution in [2.75, 3.05) is 0 Å². The first-order valence-electron chi connectivity index (χ1n) is 3.28. The van der Waals surface area contributed by atoms with Crippen LogP contribution in [0.5, 0.6) is 0 Å². The Balaban J connectivity index is 0.00000121. The summed E-state index contributed by atoms with van der Waals surface area (Å²) in [5.74, 6) is -0.921. The van der Waals surface area contributed by atoms with Gasteiger partial charge < -0.3 is 5.11 Å². The summed E-state index contributed by atoms with van der Waals surface area (Å²) in [4.78, 5) is 14.4. The molecule has 66 valence electrons. The zero-order chi connectivity index (χ0) is 8.43. The Bertz CT molecular complexity index is 299. The molecule has 0 aromatic carbocycles. The highest BCUT2D eigenvalue weighted by Crippen LogP contribution is 2.06. The van der Waals surface area contributed by atoms with Crippen LogP contribution in [-0.2, 0) is 0 Å². The van der Waals surface area contributed by atoms with E-state index in [2.05, 4.69) is 4.98 Å². The third-order valence-electron chi connectivity index (χ3n) is 1.48. The van der Waals surface area contributed by atoms with E-state index in [1.807, 2.05) is 6.92 Å². The summed E-state index contributed by atoms with van der Waals surface area (Å²) < 4.78 is 0. The number of hydrogen-bond acceptors (Lipinski definition) is 2. The van der Waals surface area contributed by atoms with Crippen molar-refractivity contribution in [3.05, 3.63) is 29.1 Å². The maximum Gasteiger partial charge on any atom is 0.337 e. The predicted molar refractivity (Wildman–Crippen MR) is 47.9 cm³/mol. The Morgan fingerprint density at radius 3 is 2.50 bits per heavy atom. The topological polar surface area (TPSA) is 50.2 Å². The first kappa shape index (κ1) is 10.9. The average molecular weight is 188 g/mol. The molecule has 0 atom stereocenters.